The van der Waals surface area contributed by atoms with Crippen LogP contribution in [0, 0.1) is 20.8 Å². The minimum Gasteiger partial charge on any atom is -0.464 e. The molecule has 11 heteroatoms. The molecular weight excluding hydrogens is 386 g/mol. The van der Waals surface area contributed by atoms with Crippen LogP contribution in [-0.4, -0.2) is 48.3 Å². The lowest BCUT2D eigenvalue weighted by Gasteiger charge is -2.06. The van der Waals surface area contributed by atoms with E-state index in [2.05, 4.69) is 20.6 Å². The van der Waals surface area contributed by atoms with Crippen molar-refractivity contribution in [2.75, 3.05) is 12.4 Å². The zero-order valence-electron chi connectivity index (χ0n) is 16.1. The van der Waals surface area contributed by atoms with Crippen LogP contribution in [0.2, 0.25) is 5.02 Å². The summed E-state index contributed by atoms with van der Waals surface area (Å²) in [7, 11) is 2.87. The van der Waals surface area contributed by atoms with Gasteiger partial charge in [0.05, 0.1) is 34.9 Å². The molecule has 1 N–H and O–H groups in total. The molecule has 0 saturated carbocycles. The topological polar surface area (TPSA) is 109 Å². The second-order valence-corrected chi connectivity index (χ2v) is 6.62. The van der Waals surface area contributed by atoms with Gasteiger partial charge in [-0.2, -0.15) is 15.3 Å². The van der Waals surface area contributed by atoms with Crippen molar-refractivity contribution in [1.29, 1.82) is 0 Å². The Labute approximate surface area is 166 Å². The van der Waals surface area contributed by atoms with Crippen LogP contribution in [0.15, 0.2) is 12.3 Å². The number of carbonyl (C=O) groups is 2. The lowest BCUT2D eigenvalue weighted by molar-refractivity contribution is 0.0589. The van der Waals surface area contributed by atoms with Crippen LogP contribution in [-0.2, 0) is 18.5 Å². The molecular formula is C17H20ClN7O3. The first-order chi connectivity index (χ1) is 13.2. The molecule has 28 heavy (non-hydrogen) atoms. The van der Waals surface area contributed by atoms with E-state index in [1.807, 2.05) is 13.8 Å². The average Bonchev–Trinajstić information content (AvgIpc) is 3.29. The summed E-state index contributed by atoms with van der Waals surface area (Å²) in [5, 5.41) is 16.1. The normalized spacial score (nSPS) is 10.9. The van der Waals surface area contributed by atoms with Crippen LogP contribution in [0.25, 0.3) is 0 Å². The van der Waals surface area contributed by atoms with Crippen molar-refractivity contribution in [1.82, 2.24) is 29.3 Å². The highest BCUT2D eigenvalue weighted by atomic mass is 35.5. The number of hydrogen-bond donors (Lipinski definition) is 1. The largest absolute Gasteiger partial charge is 0.464 e. The Hall–Kier alpha value is -3.14. The molecule has 0 radical (unpaired) electrons. The highest BCUT2D eigenvalue weighted by Crippen LogP contribution is 2.21. The molecule has 3 aromatic rings. The number of hydrogen-bond acceptors (Lipinski definition) is 6. The van der Waals surface area contributed by atoms with E-state index in [1.165, 1.54) is 11.8 Å². The number of aryl methyl sites for hydroxylation is 3. The number of aromatic nitrogens is 6. The molecule has 3 rings (SSSR count). The Morgan fingerprint density at radius 1 is 1.18 bits per heavy atom. The van der Waals surface area contributed by atoms with Gasteiger partial charge >= 0.3 is 5.97 Å². The molecule has 3 aromatic heterocycles. The summed E-state index contributed by atoms with van der Waals surface area (Å²) < 4.78 is 9.40. The highest BCUT2D eigenvalue weighted by molar-refractivity contribution is 6.31. The Kier molecular flexibility index (Phi) is 5.23. The quantitative estimate of drug-likeness (QED) is 0.649. The summed E-state index contributed by atoms with van der Waals surface area (Å²) in [5.41, 5.74) is 2.67. The van der Waals surface area contributed by atoms with Crippen LogP contribution >= 0.6 is 11.6 Å². The Morgan fingerprint density at radius 2 is 1.89 bits per heavy atom. The summed E-state index contributed by atoms with van der Waals surface area (Å²) in [6, 6.07) is 1.58. The highest BCUT2D eigenvalue weighted by Gasteiger charge is 2.23. The summed E-state index contributed by atoms with van der Waals surface area (Å²) in [4.78, 5) is 24.6. The third kappa shape index (κ3) is 3.50. The van der Waals surface area contributed by atoms with E-state index in [4.69, 9.17) is 16.3 Å². The van der Waals surface area contributed by atoms with Gasteiger partial charge in [0.2, 0.25) is 0 Å². The second kappa shape index (κ2) is 7.47. The fourth-order valence-corrected chi connectivity index (χ4v) is 2.96. The molecule has 0 fully saturated rings. The lowest BCUT2D eigenvalue weighted by atomic mass is 10.2. The van der Waals surface area contributed by atoms with Crippen molar-refractivity contribution in [3.05, 3.63) is 45.8 Å². The van der Waals surface area contributed by atoms with E-state index in [9.17, 15) is 9.59 Å². The van der Waals surface area contributed by atoms with Gasteiger partial charge in [0, 0.05) is 13.2 Å². The van der Waals surface area contributed by atoms with E-state index in [0.29, 0.717) is 23.1 Å². The van der Waals surface area contributed by atoms with Crippen molar-refractivity contribution in [2.24, 2.45) is 7.05 Å². The molecule has 0 aromatic carbocycles. The van der Waals surface area contributed by atoms with Crippen molar-refractivity contribution >= 4 is 29.2 Å². The summed E-state index contributed by atoms with van der Waals surface area (Å²) in [6.45, 7) is 5.68. The van der Waals surface area contributed by atoms with Crippen molar-refractivity contribution in [3.63, 3.8) is 0 Å². The van der Waals surface area contributed by atoms with E-state index in [-0.39, 0.29) is 11.4 Å². The summed E-state index contributed by atoms with van der Waals surface area (Å²) in [5.74, 6) is -1.06. The van der Waals surface area contributed by atoms with Crippen LogP contribution in [0.1, 0.15) is 38.1 Å². The van der Waals surface area contributed by atoms with Gasteiger partial charge in [-0.1, -0.05) is 11.6 Å². The van der Waals surface area contributed by atoms with E-state index < -0.39 is 11.9 Å². The van der Waals surface area contributed by atoms with Gasteiger partial charge in [-0.25, -0.2) is 9.48 Å². The minimum absolute atomic E-state index is 0.157. The molecule has 1 amide bonds. The lowest BCUT2D eigenvalue weighted by Crippen LogP contribution is -2.18. The van der Waals surface area contributed by atoms with Gasteiger partial charge in [-0.3, -0.25) is 14.2 Å². The fourth-order valence-electron chi connectivity index (χ4n) is 2.83. The fraction of sp³-hybridized carbons (Fsp3) is 0.353. The molecule has 0 aliphatic heterocycles. The Morgan fingerprint density at radius 3 is 2.50 bits per heavy atom. The van der Waals surface area contributed by atoms with Gasteiger partial charge in [0.1, 0.15) is 6.67 Å². The maximum Gasteiger partial charge on any atom is 0.358 e. The number of carbonyl (C=O) groups excluding carboxylic acids is 2. The predicted octanol–water partition coefficient (Wildman–Crippen LogP) is 1.94. The Balaban J connectivity index is 1.80. The molecule has 148 valence electrons. The monoisotopic (exact) mass is 405 g/mol. The van der Waals surface area contributed by atoms with Gasteiger partial charge in [-0.05, 0) is 26.8 Å². The number of nitrogens with one attached hydrogen (secondary N) is 1. The predicted molar refractivity (Wildman–Crippen MR) is 102 cm³/mol. The molecule has 0 bridgehead atoms. The number of ether oxygens (including phenoxy) is 1. The third-order valence-electron chi connectivity index (χ3n) is 4.28. The maximum absolute atomic E-state index is 12.6. The standard InChI is InChI=1S/C17H20ClN7O3/c1-9-13(18)11(3)25(21-9)8-24-7-6-12(22-24)16(26)19-14-10(2)20-23(4)15(14)17(27)28-5/h6-7H,8H2,1-5H3,(H,19,26). The van der Waals surface area contributed by atoms with Crippen molar-refractivity contribution in [2.45, 2.75) is 27.4 Å². The van der Waals surface area contributed by atoms with Gasteiger partial charge in [0.15, 0.2) is 11.4 Å². The number of rotatable bonds is 5. The zero-order valence-corrected chi connectivity index (χ0v) is 16.9. The second-order valence-electron chi connectivity index (χ2n) is 6.24. The first-order valence-electron chi connectivity index (χ1n) is 8.39. The maximum atomic E-state index is 12.6. The Bertz CT molecular complexity index is 1060. The number of amides is 1. The number of methoxy groups -OCH3 is 1. The minimum atomic E-state index is -0.592. The van der Waals surface area contributed by atoms with Crippen LogP contribution in [0.5, 0.6) is 0 Å². The zero-order chi connectivity index (χ0) is 20.6. The van der Waals surface area contributed by atoms with Gasteiger partial charge in [-0.15, -0.1) is 0 Å². The summed E-state index contributed by atoms with van der Waals surface area (Å²) in [6.07, 6.45) is 1.66. The smallest absolute Gasteiger partial charge is 0.358 e. The number of esters is 1. The molecule has 0 saturated heterocycles. The van der Waals surface area contributed by atoms with Crippen LogP contribution in [0.4, 0.5) is 5.69 Å². The van der Waals surface area contributed by atoms with Crippen LogP contribution < -0.4 is 5.32 Å². The molecule has 0 atom stereocenters. The first kappa shape index (κ1) is 19.6. The third-order valence-corrected chi connectivity index (χ3v) is 4.83. The molecule has 0 unspecified atom stereocenters. The average molecular weight is 406 g/mol. The molecule has 0 aliphatic carbocycles. The van der Waals surface area contributed by atoms with E-state index in [1.54, 1.807) is 35.6 Å². The molecule has 10 nitrogen and oxygen atoms in total. The van der Waals surface area contributed by atoms with Gasteiger partial charge in [0.25, 0.3) is 5.91 Å². The summed E-state index contributed by atoms with van der Waals surface area (Å²) >= 11 is 6.16. The molecule has 0 spiro atoms. The van der Waals surface area contributed by atoms with Crippen molar-refractivity contribution in [3.8, 4) is 0 Å². The van der Waals surface area contributed by atoms with Gasteiger partial charge < -0.3 is 10.1 Å². The van der Waals surface area contributed by atoms with Crippen LogP contribution in [0.3, 0.4) is 0 Å². The van der Waals surface area contributed by atoms with E-state index in [0.717, 1.165) is 11.4 Å². The number of halogens is 1. The molecule has 0 aliphatic rings. The van der Waals surface area contributed by atoms with Crippen molar-refractivity contribution < 1.29 is 14.3 Å². The molecule has 3 heterocycles. The SMILES string of the molecule is COC(=O)c1c(NC(=O)c2ccn(Cn3nc(C)c(Cl)c3C)n2)c(C)nn1C. The number of anilines is 1. The first-order valence-corrected chi connectivity index (χ1v) is 8.77. The van der Waals surface area contributed by atoms with E-state index >= 15 is 0 Å². The number of nitrogens with zero attached hydrogens (tertiary/aromatic N) is 6.